The zero-order valence-corrected chi connectivity index (χ0v) is 14.7. The van der Waals surface area contributed by atoms with Gasteiger partial charge < -0.3 is 20.0 Å². The molecule has 1 aliphatic heterocycles. The predicted molar refractivity (Wildman–Crippen MR) is 91.4 cm³/mol. The van der Waals surface area contributed by atoms with Crippen LogP contribution >= 0.6 is 11.6 Å². The van der Waals surface area contributed by atoms with E-state index >= 15 is 0 Å². The summed E-state index contributed by atoms with van der Waals surface area (Å²) in [6, 6.07) is 4.18. The summed E-state index contributed by atoms with van der Waals surface area (Å²) in [7, 11) is 2.01. The van der Waals surface area contributed by atoms with Crippen molar-refractivity contribution in [1.29, 1.82) is 0 Å². The van der Waals surface area contributed by atoms with Crippen LogP contribution in [0.1, 0.15) is 16.8 Å². The van der Waals surface area contributed by atoms with Crippen molar-refractivity contribution in [3.63, 3.8) is 0 Å². The second kappa shape index (κ2) is 9.68. The number of nitro groups is 1. The van der Waals surface area contributed by atoms with Crippen LogP contribution < -0.4 is 0 Å². The normalized spacial score (nSPS) is 14.6. The SMILES string of the molecule is CN1CCCN(C(=O)c2ccc(Cl)c([N+](=O)[O-])c2)CC1.O=C(O)C(=O)O. The highest BCUT2D eigenvalue weighted by atomic mass is 35.5. The number of carbonyl (C=O) groups is 3. The first-order chi connectivity index (χ1) is 12.1. The van der Waals surface area contributed by atoms with Crippen LogP contribution in [-0.2, 0) is 9.59 Å². The van der Waals surface area contributed by atoms with Crippen molar-refractivity contribution < 1.29 is 29.5 Å². The minimum atomic E-state index is -1.82. The van der Waals surface area contributed by atoms with Crippen molar-refractivity contribution in [3.8, 4) is 0 Å². The highest BCUT2D eigenvalue weighted by Crippen LogP contribution is 2.25. The number of carboxylic acid groups (broad SMARTS) is 2. The lowest BCUT2D eigenvalue weighted by Crippen LogP contribution is -2.34. The van der Waals surface area contributed by atoms with E-state index in [9.17, 15) is 14.9 Å². The van der Waals surface area contributed by atoms with E-state index in [-0.39, 0.29) is 16.6 Å². The van der Waals surface area contributed by atoms with E-state index in [1.165, 1.54) is 18.2 Å². The molecule has 0 aliphatic carbocycles. The third-order valence-corrected chi connectivity index (χ3v) is 3.90. The van der Waals surface area contributed by atoms with Gasteiger partial charge in [-0.15, -0.1) is 0 Å². The summed E-state index contributed by atoms with van der Waals surface area (Å²) in [4.78, 5) is 44.8. The first-order valence-corrected chi connectivity index (χ1v) is 7.89. The van der Waals surface area contributed by atoms with Crippen LogP contribution in [0.15, 0.2) is 18.2 Å². The lowest BCUT2D eigenvalue weighted by atomic mass is 10.1. The Labute approximate surface area is 153 Å². The van der Waals surface area contributed by atoms with E-state index in [1.807, 2.05) is 7.05 Å². The number of carboxylic acids is 2. The second-order valence-corrected chi connectivity index (χ2v) is 5.89. The quantitative estimate of drug-likeness (QED) is 0.437. The van der Waals surface area contributed by atoms with Crippen LogP contribution in [-0.4, -0.2) is 76.0 Å². The van der Waals surface area contributed by atoms with Crippen LogP contribution in [0.2, 0.25) is 5.02 Å². The lowest BCUT2D eigenvalue weighted by molar-refractivity contribution is -0.384. The highest BCUT2D eigenvalue weighted by Gasteiger charge is 2.22. The maximum absolute atomic E-state index is 12.4. The average molecular weight is 388 g/mol. The standard InChI is InChI=1S/C13H16ClN3O3.C2H2O4/c1-15-5-2-6-16(8-7-15)13(18)10-3-4-11(14)12(9-10)17(19)20;3-1(4)2(5)6/h3-4,9H,2,5-8H2,1H3;(H,3,4)(H,5,6). The third kappa shape index (κ3) is 6.30. The van der Waals surface area contributed by atoms with Crippen molar-refractivity contribution in [2.24, 2.45) is 0 Å². The molecule has 10 nitrogen and oxygen atoms in total. The topological polar surface area (TPSA) is 141 Å². The molecule has 2 N–H and O–H groups in total. The number of hydrogen-bond donors (Lipinski definition) is 2. The van der Waals surface area contributed by atoms with E-state index in [2.05, 4.69) is 4.90 Å². The number of carbonyl (C=O) groups excluding carboxylic acids is 1. The summed E-state index contributed by atoms with van der Waals surface area (Å²) >= 11 is 5.75. The van der Waals surface area contributed by atoms with Gasteiger partial charge in [0, 0.05) is 31.3 Å². The Morgan fingerprint density at radius 2 is 1.73 bits per heavy atom. The van der Waals surface area contributed by atoms with Crippen molar-refractivity contribution >= 4 is 35.1 Å². The molecule has 1 saturated heterocycles. The minimum Gasteiger partial charge on any atom is -0.473 e. The summed E-state index contributed by atoms with van der Waals surface area (Å²) in [5.74, 6) is -3.83. The Kier molecular flexibility index (Phi) is 7.94. The number of aliphatic carboxylic acids is 2. The molecule has 26 heavy (non-hydrogen) atoms. The van der Waals surface area contributed by atoms with E-state index in [0.717, 1.165) is 19.5 Å². The summed E-state index contributed by atoms with van der Waals surface area (Å²) in [5.41, 5.74) is 0.0788. The number of hydrogen-bond acceptors (Lipinski definition) is 6. The molecule has 0 bridgehead atoms. The lowest BCUT2D eigenvalue weighted by Gasteiger charge is -2.20. The van der Waals surface area contributed by atoms with Gasteiger partial charge in [-0.2, -0.15) is 0 Å². The van der Waals surface area contributed by atoms with Crippen LogP contribution in [0.5, 0.6) is 0 Å². The molecule has 0 aromatic heterocycles. The fraction of sp³-hybridized carbons (Fsp3) is 0.400. The number of nitrogens with zero attached hydrogens (tertiary/aromatic N) is 3. The fourth-order valence-corrected chi connectivity index (χ4v) is 2.40. The van der Waals surface area contributed by atoms with Gasteiger partial charge in [-0.3, -0.25) is 14.9 Å². The number of benzene rings is 1. The second-order valence-electron chi connectivity index (χ2n) is 5.48. The van der Waals surface area contributed by atoms with Gasteiger partial charge >= 0.3 is 11.9 Å². The molecule has 1 heterocycles. The van der Waals surface area contributed by atoms with Crippen molar-refractivity contribution in [1.82, 2.24) is 9.80 Å². The molecule has 0 atom stereocenters. The Balaban J connectivity index is 0.000000487. The molecule has 1 aliphatic rings. The van der Waals surface area contributed by atoms with Gasteiger partial charge in [-0.1, -0.05) is 11.6 Å². The van der Waals surface area contributed by atoms with Crippen molar-refractivity contribution in [3.05, 3.63) is 38.9 Å². The third-order valence-electron chi connectivity index (χ3n) is 3.58. The highest BCUT2D eigenvalue weighted by molar-refractivity contribution is 6.32. The molecular formula is C15H18ClN3O7. The summed E-state index contributed by atoms with van der Waals surface area (Å²) in [6.45, 7) is 3.05. The van der Waals surface area contributed by atoms with Crippen LogP contribution in [0.3, 0.4) is 0 Å². The molecule has 0 radical (unpaired) electrons. The molecule has 142 valence electrons. The summed E-state index contributed by atoms with van der Waals surface area (Å²) < 4.78 is 0. The Morgan fingerprint density at radius 1 is 1.12 bits per heavy atom. The first-order valence-electron chi connectivity index (χ1n) is 7.51. The number of nitro benzene ring substituents is 1. The summed E-state index contributed by atoms with van der Waals surface area (Å²) in [6.07, 6.45) is 0.901. The number of rotatable bonds is 2. The van der Waals surface area contributed by atoms with Gasteiger partial charge in [0.1, 0.15) is 5.02 Å². The first kappa shape index (κ1) is 21.3. The smallest absolute Gasteiger partial charge is 0.414 e. The van der Waals surface area contributed by atoms with Gasteiger partial charge in [0.05, 0.1) is 4.92 Å². The molecule has 1 amide bonds. The largest absolute Gasteiger partial charge is 0.473 e. The Bertz CT molecular complexity index is 698. The Morgan fingerprint density at radius 3 is 2.27 bits per heavy atom. The van der Waals surface area contributed by atoms with Gasteiger partial charge in [-0.25, -0.2) is 9.59 Å². The maximum atomic E-state index is 12.4. The predicted octanol–water partition coefficient (Wildman–Crippen LogP) is 1.18. The van der Waals surface area contributed by atoms with Crippen molar-refractivity contribution in [2.45, 2.75) is 6.42 Å². The molecule has 1 aromatic rings. The van der Waals surface area contributed by atoms with Crippen LogP contribution in [0.25, 0.3) is 0 Å². The zero-order chi connectivity index (χ0) is 19.9. The van der Waals surface area contributed by atoms with Crippen molar-refractivity contribution in [2.75, 3.05) is 33.2 Å². The van der Waals surface area contributed by atoms with Gasteiger partial charge in [0.15, 0.2) is 0 Å². The molecule has 0 saturated carbocycles. The average Bonchev–Trinajstić information content (AvgIpc) is 2.79. The zero-order valence-electron chi connectivity index (χ0n) is 13.9. The van der Waals surface area contributed by atoms with E-state index < -0.39 is 16.9 Å². The fourth-order valence-electron chi connectivity index (χ4n) is 2.22. The van der Waals surface area contributed by atoms with Gasteiger partial charge in [0.25, 0.3) is 11.6 Å². The van der Waals surface area contributed by atoms with E-state index in [1.54, 1.807) is 4.90 Å². The number of halogens is 1. The minimum absolute atomic E-state index is 0.0437. The molecule has 2 rings (SSSR count). The molecule has 0 unspecified atom stereocenters. The molecule has 1 aromatic carbocycles. The molecule has 1 fully saturated rings. The van der Waals surface area contributed by atoms with Gasteiger partial charge in [0.2, 0.25) is 0 Å². The monoisotopic (exact) mass is 387 g/mol. The number of amides is 1. The van der Waals surface area contributed by atoms with Crippen LogP contribution in [0, 0.1) is 10.1 Å². The van der Waals surface area contributed by atoms with Crippen LogP contribution in [0.4, 0.5) is 5.69 Å². The summed E-state index contributed by atoms with van der Waals surface area (Å²) in [5, 5.41) is 25.7. The molecule has 0 spiro atoms. The van der Waals surface area contributed by atoms with E-state index in [0.29, 0.717) is 18.7 Å². The van der Waals surface area contributed by atoms with E-state index in [4.69, 9.17) is 31.4 Å². The Hall–Kier alpha value is -2.72. The van der Waals surface area contributed by atoms with Gasteiger partial charge in [-0.05, 0) is 32.1 Å². The molecule has 11 heteroatoms. The maximum Gasteiger partial charge on any atom is 0.414 e. The number of likely N-dealkylation sites (N-methyl/N-ethyl adjacent to an activating group) is 1. The molecular weight excluding hydrogens is 370 g/mol.